The van der Waals surface area contributed by atoms with Crippen LogP contribution in [-0.4, -0.2) is 15.6 Å². The van der Waals surface area contributed by atoms with Gasteiger partial charge in [-0.3, -0.25) is 0 Å². The van der Waals surface area contributed by atoms with Gasteiger partial charge in [-0.2, -0.15) is 0 Å². The molecule has 0 aliphatic heterocycles. The molecule has 13 heavy (non-hydrogen) atoms. The number of hydrogen-bond acceptors (Lipinski definition) is 1. The highest BCUT2D eigenvalue weighted by atomic mass is 16.4. The molecule has 1 rings (SSSR count). The summed E-state index contributed by atoms with van der Waals surface area (Å²) in [4.78, 5) is 10.9. The molecule has 3 nitrogen and oxygen atoms in total. The minimum atomic E-state index is -0.763. The molecule has 0 fully saturated rings. The van der Waals surface area contributed by atoms with E-state index in [0.717, 1.165) is 11.3 Å². The fourth-order valence-corrected chi connectivity index (χ4v) is 1.59. The van der Waals surface area contributed by atoms with Crippen molar-refractivity contribution in [1.29, 1.82) is 0 Å². The van der Waals surface area contributed by atoms with Crippen LogP contribution in [0, 0.1) is 13.8 Å². The lowest BCUT2D eigenvalue weighted by molar-refractivity contribution is -0.141. The van der Waals surface area contributed by atoms with Crippen LogP contribution >= 0.6 is 0 Å². The highest BCUT2D eigenvalue weighted by Gasteiger charge is 2.17. The van der Waals surface area contributed by atoms with Gasteiger partial charge in [-0.15, -0.1) is 0 Å². The van der Waals surface area contributed by atoms with Crippen LogP contribution in [0.25, 0.3) is 0 Å². The van der Waals surface area contributed by atoms with E-state index in [9.17, 15) is 4.79 Å². The second-order valence-corrected chi connectivity index (χ2v) is 3.33. The first-order valence-electron chi connectivity index (χ1n) is 4.44. The SMILES string of the molecule is CCC(C(=O)O)n1cc(C)cc1C. The Labute approximate surface area is 78.0 Å². The molecule has 0 saturated heterocycles. The van der Waals surface area contributed by atoms with Gasteiger partial charge in [0, 0.05) is 11.9 Å². The highest BCUT2D eigenvalue weighted by molar-refractivity contribution is 5.72. The van der Waals surface area contributed by atoms with Crippen LogP contribution in [0.5, 0.6) is 0 Å². The molecule has 0 spiro atoms. The number of aromatic nitrogens is 1. The van der Waals surface area contributed by atoms with Gasteiger partial charge in [0.2, 0.25) is 0 Å². The molecule has 0 saturated carbocycles. The van der Waals surface area contributed by atoms with Gasteiger partial charge in [-0.25, -0.2) is 4.79 Å². The van der Waals surface area contributed by atoms with E-state index < -0.39 is 12.0 Å². The largest absolute Gasteiger partial charge is 0.480 e. The molecule has 0 bridgehead atoms. The maximum absolute atomic E-state index is 10.9. The average molecular weight is 181 g/mol. The fourth-order valence-electron chi connectivity index (χ4n) is 1.59. The zero-order valence-corrected chi connectivity index (χ0v) is 8.24. The predicted octanol–water partition coefficient (Wildman–Crippen LogP) is 2.14. The maximum Gasteiger partial charge on any atom is 0.326 e. The van der Waals surface area contributed by atoms with Crippen molar-refractivity contribution in [3.8, 4) is 0 Å². The number of hydrogen-bond donors (Lipinski definition) is 1. The van der Waals surface area contributed by atoms with Crippen LogP contribution in [0.4, 0.5) is 0 Å². The van der Waals surface area contributed by atoms with Gasteiger partial charge in [-0.05, 0) is 31.9 Å². The Morgan fingerprint density at radius 2 is 2.23 bits per heavy atom. The Bertz CT molecular complexity index is 315. The number of rotatable bonds is 3. The second-order valence-electron chi connectivity index (χ2n) is 3.33. The monoisotopic (exact) mass is 181 g/mol. The summed E-state index contributed by atoms with van der Waals surface area (Å²) in [5, 5.41) is 8.94. The van der Waals surface area contributed by atoms with Gasteiger partial charge in [0.05, 0.1) is 0 Å². The molecule has 0 amide bonds. The molecule has 1 aromatic heterocycles. The molecule has 1 unspecified atom stereocenters. The van der Waals surface area contributed by atoms with Crippen LogP contribution in [0.3, 0.4) is 0 Å². The van der Waals surface area contributed by atoms with Crippen molar-refractivity contribution in [3.05, 3.63) is 23.5 Å². The summed E-state index contributed by atoms with van der Waals surface area (Å²) in [6.07, 6.45) is 2.50. The van der Waals surface area contributed by atoms with Crippen LogP contribution in [0.15, 0.2) is 12.3 Å². The van der Waals surface area contributed by atoms with Crippen LogP contribution in [0.2, 0.25) is 0 Å². The molecule has 0 aliphatic rings. The second kappa shape index (κ2) is 3.64. The van der Waals surface area contributed by atoms with Crippen molar-refractivity contribution in [2.24, 2.45) is 0 Å². The minimum Gasteiger partial charge on any atom is -0.480 e. The van der Waals surface area contributed by atoms with Crippen molar-refractivity contribution in [2.45, 2.75) is 33.2 Å². The fraction of sp³-hybridized carbons (Fsp3) is 0.500. The summed E-state index contributed by atoms with van der Waals surface area (Å²) in [6.45, 7) is 5.78. The van der Waals surface area contributed by atoms with Gasteiger partial charge in [0.25, 0.3) is 0 Å². The Kier molecular flexibility index (Phi) is 2.76. The number of carbonyl (C=O) groups is 1. The van der Waals surface area contributed by atoms with Gasteiger partial charge in [0.1, 0.15) is 6.04 Å². The molecule has 0 aliphatic carbocycles. The molecule has 72 valence electrons. The summed E-state index contributed by atoms with van der Waals surface area (Å²) in [7, 11) is 0. The molecule has 1 atom stereocenters. The Balaban J connectivity index is 3.04. The summed E-state index contributed by atoms with van der Waals surface area (Å²) in [6, 6.07) is 1.57. The maximum atomic E-state index is 10.9. The van der Waals surface area contributed by atoms with E-state index >= 15 is 0 Å². The van der Waals surface area contributed by atoms with Gasteiger partial charge >= 0.3 is 5.97 Å². The molecule has 1 aromatic rings. The predicted molar refractivity (Wildman–Crippen MR) is 50.9 cm³/mol. The third kappa shape index (κ3) is 1.91. The molecular weight excluding hydrogens is 166 g/mol. The van der Waals surface area contributed by atoms with Gasteiger partial charge in [0.15, 0.2) is 0 Å². The Morgan fingerprint density at radius 3 is 2.54 bits per heavy atom. The number of aliphatic carboxylic acids is 1. The van der Waals surface area contributed by atoms with E-state index in [1.54, 1.807) is 0 Å². The topological polar surface area (TPSA) is 42.2 Å². The molecule has 3 heteroatoms. The lowest BCUT2D eigenvalue weighted by atomic mass is 10.2. The van der Waals surface area contributed by atoms with Gasteiger partial charge in [-0.1, -0.05) is 6.92 Å². The zero-order chi connectivity index (χ0) is 10.0. The molecular formula is C10H15NO2. The smallest absolute Gasteiger partial charge is 0.326 e. The van der Waals surface area contributed by atoms with Crippen molar-refractivity contribution in [2.75, 3.05) is 0 Å². The normalized spacial score (nSPS) is 12.8. The summed E-state index contributed by atoms with van der Waals surface area (Å²) in [5.74, 6) is -0.763. The number of carboxylic acids is 1. The van der Waals surface area contributed by atoms with Crippen LogP contribution < -0.4 is 0 Å². The summed E-state index contributed by atoms with van der Waals surface area (Å²) < 4.78 is 1.82. The Morgan fingerprint density at radius 1 is 1.62 bits per heavy atom. The molecule has 1 N–H and O–H groups in total. The van der Waals surface area contributed by atoms with E-state index in [0.29, 0.717) is 6.42 Å². The molecule has 1 heterocycles. The third-order valence-corrected chi connectivity index (χ3v) is 2.19. The first-order chi connectivity index (χ1) is 6.06. The highest BCUT2D eigenvalue weighted by Crippen LogP contribution is 2.17. The third-order valence-electron chi connectivity index (χ3n) is 2.19. The minimum absolute atomic E-state index is 0.423. The number of carboxylic acid groups (broad SMARTS) is 1. The van der Waals surface area contributed by atoms with Crippen molar-refractivity contribution < 1.29 is 9.90 Å². The van der Waals surface area contributed by atoms with Crippen LogP contribution in [-0.2, 0) is 4.79 Å². The quantitative estimate of drug-likeness (QED) is 0.776. The average Bonchev–Trinajstić information content (AvgIpc) is 2.31. The van der Waals surface area contributed by atoms with Crippen molar-refractivity contribution in [1.82, 2.24) is 4.57 Å². The van der Waals surface area contributed by atoms with E-state index in [-0.39, 0.29) is 0 Å². The first kappa shape index (κ1) is 9.84. The first-order valence-corrected chi connectivity index (χ1v) is 4.44. The van der Waals surface area contributed by atoms with Crippen molar-refractivity contribution in [3.63, 3.8) is 0 Å². The standard InChI is InChI=1S/C10H15NO2/c1-4-9(10(12)13)11-6-7(2)5-8(11)3/h5-6,9H,4H2,1-3H3,(H,12,13). The number of aryl methyl sites for hydroxylation is 2. The van der Waals surface area contributed by atoms with E-state index in [2.05, 4.69) is 0 Å². The molecule has 0 aromatic carbocycles. The van der Waals surface area contributed by atoms with Crippen LogP contribution in [0.1, 0.15) is 30.6 Å². The lowest BCUT2D eigenvalue weighted by Crippen LogP contribution is -2.18. The zero-order valence-electron chi connectivity index (χ0n) is 8.24. The van der Waals surface area contributed by atoms with Crippen molar-refractivity contribution >= 4 is 5.97 Å². The van der Waals surface area contributed by atoms with E-state index in [1.165, 1.54) is 0 Å². The van der Waals surface area contributed by atoms with Gasteiger partial charge < -0.3 is 9.67 Å². The summed E-state index contributed by atoms with van der Waals surface area (Å²) in [5.41, 5.74) is 2.11. The molecule has 0 radical (unpaired) electrons. The number of nitrogens with zero attached hydrogens (tertiary/aromatic N) is 1. The summed E-state index contributed by atoms with van der Waals surface area (Å²) >= 11 is 0. The van der Waals surface area contributed by atoms with E-state index in [4.69, 9.17) is 5.11 Å². The van der Waals surface area contributed by atoms with E-state index in [1.807, 2.05) is 37.6 Å². The lowest BCUT2D eigenvalue weighted by Gasteiger charge is -2.13. The Hall–Kier alpha value is -1.25.